The van der Waals surface area contributed by atoms with Gasteiger partial charge in [0.1, 0.15) is 47.9 Å². The van der Waals surface area contributed by atoms with Gasteiger partial charge < -0.3 is 111 Å². The number of rotatable bonds is 40. The van der Waals surface area contributed by atoms with Gasteiger partial charge in [0.15, 0.2) is 0 Å². The van der Waals surface area contributed by atoms with Gasteiger partial charge in [-0.1, -0.05) is 83.1 Å². The Kier molecular flexibility index (Phi) is 40.6. The predicted octanol–water partition coefficient (Wildman–Crippen LogP) is 1.40. The number of urea groups is 6. The first-order valence-corrected chi connectivity index (χ1v) is 36.1. The normalized spacial score (nSPS) is 17.1. The summed E-state index contributed by atoms with van der Waals surface area (Å²) in [4.78, 5) is 185. The Morgan fingerprint density at radius 3 is 1.14 bits per heavy atom. The minimum Gasteiger partial charge on any atom is -0.444 e. The van der Waals surface area contributed by atoms with Crippen molar-refractivity contribution in [3.8, 4) is 0 Å². The molecule has 20 amide bonds. The molecule has 35 nitrogen and oxygen atoms in total. The second-order valence-electron chi connectivity index (χ2n) is 30.5. The van der Waals surface area contributed by atoms with Crippen LogP contribution in [0.2, 0.25) is 0 Å². The molecular weight excluding hydrogens is 1340 g/mol. The van der Waals surface area contributed by atoms with Crippen molar-refractivity contribution in [3.05, 3.63) is 0 Å². The van der Waals surface area contributed by atoms with E-state index in [0.717, 1.165) is 0 Å². The number of nitrogens with one attached hydrogen (secondary N) is 18. The monoisotopic (exact) mass is 1460 g/mol. The topological polar surface area (TPSA) is 494 Å². The molecule has 0 aromatic carbocycles. The Balaban J connectivity index is 2.75. The van der Waals surface area contributed by atoms with Gasteiger partial charge in [0.25, 0.3) is 0 Å². The summed E-state index contributed by atoms with van der Waals surface area (Å²) in [5.74, 6) is -5.29. The van der Waals surface area contributed by atoms with Crippen LogP contribution in [-0.2, 0) is 38.3 Å². The van der Waals surface area contributed by atoms with Crippen molar-refractivity contribution in [3.63, 3.8) is 0 Å². The molecule has 20 N–H and O–H groups in total. The number of nitrogens with zero attached hydrogens (tertiary/aromatic N) is 1. The van der Waals surface area contributed by atoms with Gasteiger partial charge in [-0.2, -0.15) is 0 Å². The van der Waals surface area contributed by atoms with E-state index in [9.17, 15) is 67.1 Å². The fourth-order valence-corrected chi connectivity index (χ4v) is 10.5. The molecule has 0 radical (unpaired) electrons. The van der Waals surface area contributed by atoms with E-state index in [1.165, 1.54) is 27.7 Å². The van der Waals surface area contributed by atoms with Gasteiger partial charge in [0.2, 0.25) is 41.4 Å². The molecule has 1 rings (SSSR count). The quantitative estimate of drug-likeness (QED) is 0.0412. The standard InChI is InChI=1S/C68H128N20O15/c1-34(2)23-47(30-72-63(98)80-46(19)57(92)85-51(26-37(7)8)60(95)79-45(18)56(91)84-50(25-36(5)6)59(94)78-44(17)55(90)83-49(24-35(3)4)58(93)77-43(16)54(69)89)81-64(99)70-28-40(13)75-61(96)73-31-52(38(9)10)86-66(101)88-33-48(27-42(88)15)82-65(100)71-29-41(14)76-62(97)74-32-53(39(11)12)87-67(102)103-68(20,21)22/h34-53H,23-33H2,1-22H3,(H2,69,89)(H,77,93)(H,78,94)(H,79,95)(H,83,90)(H,84,91)(H,85,92)(H,86,101)(H,87,102)(H2,70,81,99)(H2,71,82,100)(H2,72,80,98)(H2,73,75,96)(H2,74,76,97)/t40-,41-,42?,43-,44-,45-,46-,47-,48-,49-,50-,51-,52+,53+/m0/s1. The third kappa shape index (κ3) is 38.9. The van der Waals surface area contributed by atoms with Crippen molar-refractivity contribution >= 4 is 83.6 Å². The van der Waals surface area contributed by atoms with Crippen LogP contribution in [0.3, 0.4) is 0 Å². The number of hydrogen-bond donors (Lipinski definition) is 19. The molecule has 14 atom stereocenters. The highest BCUT2D eigenvalue weighted by Gasteiger charge is 2.36. The molecule has 590 valence electrons. The third-order valence-corrected chi connectivity index (χ3v) is 16.3. The Labute approximate surface area is 609 Å². The zero-order valence-electron chi connectivity index (χ0n) is 65.0. The van der Waals surface area contributed by atoms with Crippen LogP contribution >= 0.6 is 0 Å². The molecule has 0 aromatic heterocycles. The van der Waals surface area contributed by atoms with E-state index >= 15 is 0 Å². The number of alkyl carbamates (subject to hydrolysis) is 1. The molecule has 1 heterocycles. The van der Waals surface area contributed by atoms with Gasteiger partial charge in [-0.05, 0) is 137 Å². The molecule has 1 aliphatic heterocycles. The van der Waals surface area contributed by atoms with Gasteiger partial charge in [-0.25, -0.2) is 33.6 Å². The Morgan fingerprint density at radius 2 is 0.748 bits per heavy atom. The summed E-state index contributed by atoms with van der Waals surface area (Å²) in [6, 6.07) is -14.2. The summed E-state index contributed by atoms with van der Waals surface area (Å²) < 4.78 is 5.34. The molecule has 0 bridgehead atoms. The number of hydrogen-bond acceptors (Lipinski definition) is 15. The molecule has 0 aromatic rings. The van der Waals surface area contributed by atoms with E-state index in [0.29, 0.717) is 12.8 Å². The van der Waals surface area contributed by atoms with Crippen LogP contribution < -0.4 is 101 Å². The van der Waals surface area contributed by atoms with Gasteiger partial charge in [-0.15, -0.1) is 0 Å². The number of carbonyl (C=O) groups is 14. The van der Waals surface area contributed by atoms with Crippen molar-refractivity contribution in [2.45, 2.75) is 275 Å². The third-order valence-electron chi connectivity index (χ3n) is 16.3. The smallest absolute Gasteiger partial charge is 0.407 e. The van der Waals surface area contributed by atoms with Crippen molar-refractivity contribution < 1.29 is 71.9 Å². The van der Waals surface area contributed by atoms with Gasteiger partial charge in [0, 0.05) is 63.4 Å². The molecule has 1 aliphatic rings. The molecule has 35 heteroatoms. The first kappa shape index (κ1) is 92.2. The van der Waals surface area contributed by atoms with Crippen LogP contribution in [0.5, 0.6) is 0 Å². The van der Waals surface area contributed by atoms with Gasteiger partial charge in [-0.3, -0.25) is 33.6 Å². The van der Waals surface area contributed by atoms with Crippen LogP contribution in [0, 0.1) is 35.5 Å². The zero-order valence-corrected chi connectivity index (χ0v) is 65.0. The van der Waals surface area contributed by atoms with Crippen LogP contribution in [0.15, 0.2) is 0 Å². The molecule has 0 saturated carbocycles. The lowest BCUT2D eigenvalue weighted by Crippen LogP contribution is -2.59. The van der Waals surface area contributed by atoms with E-state index < -0.39 is 150 Å². The first-order chi connectivity index (χ1) is 47.7. The number of likely N-dealkylation sites (tertiary alicyclic amines) is 1. The summed E-state index contributed by atoms with van der Waals surface area (Å²) in [5, 5.41) is 48.9. The summed E-state index contributed by atoms with van der Waals surface area (Å²) >= 11 is 0. The molecule has 1 saturated heterocycles. The highest BCUT2D eigenvalue weighted by molar-refractivity contribution is 5.97. The highest BCUT2D eigenvalue weighted by atomic mass is 16.6. The minimum absolute atomic E-state index is 0.00292. The maximum Gasteiger partial charge on any atom is 0.407 e. The minimum atomic E-state index is -1.22. The molecule has 1 fully saturated rings. The Morgan fingerprint density at radius 1 is 0.398 bits per heavy atom. The number of ether oxygens (including phenoxy) is 1. The summed E-state index contributed by atoms with van der Waals surface area (Å²) in [7, 11) is 0. The highest BCUT2D eigenvalue weighted by Crippen LogP contribution is 2.19. The van der Waals surface area contributed by atoms with Crippen LogP contribution in [-0.4, -0.2) is 218 Å². The molecule has 103 heavy (non-hydrogen) atoms. The summed E-state index contributed by atoms with van der Waals surface area (Å²) in [5.41, 5.74) is 4.62. The molecule has 0 spiro atoms. The van der Waals surface area contributed by atoms with E-state index in [4.69, 9.17) is 10.5 Å². The first-order valence-electron chi connectivity index (χ1n) is 36.1. The number of nitrogens with two attached hydrogens (primary N) is 1. The van der Waals surface area contributed by atoms with E-state index in [2.05, 4.69) is 95.7 Å². The second-order valence-corrected chi connectivity index (χ2v) is 30.5. The largest absolute Gasteiger partial charge is 0.444 e. The maximum atomic E-state index is 13.7. The van der Waals surface area contributed by atoms with Crippen LogP contribution in [0.1, 0.15) is 184 Å². The Bertz CT molecular complexity index is 2800. The zero-order chi connectivity index (χ0) is 78.9. The lowest BCUT2D eigenvalue weighted by molar-refractivity contribution is -0.135. The van der Waals surface area contributed by atoms with E-state index in [1.54, 1.807) is 39.5 Å². The van der Waals surface area contributed by atoms with E-state index in [1.807, 2.05) is 90.0 Å². The van der Waals surface area contributed by atoms with Crippen LogP contribution in [0.4, 0.5) is 33.6 Å². The SMILES string of the molecule is CC(C)C[C@@H](CNC(=O)N[C@@H](C)C(=O)N[C@@H](CC(C)C)C(=O)N[C@@H](C)C(=O)N[C@@H](CC(C)C)C(=O)N[C@@H](C)C(=O)N[C@@H](CC(C)C)C(=O)N[C@@H](C)C(N)=O)NC(=O)NC[C@H](C)NC(=O)NC[C@@H](NC(=O)N1C[C@@H](NC(=O)NC[C@H](C)NC(=O)NC[C@@H](NC(=O)OC(C)(C)C)C(C)C)CC1C)C(C)C. The number of primary amides is 1. The maximum absolute atomic E-state index is 13.7. The molecule has 0 aliphatic carbocycles. The van der Waals surface area contributed by atoms with Crippen LogP contribution in [0.25, 0.3) is 0 Å². The fourth-order valence-electron chi connectivity index (χ4n) is 10.5. The summed E-state index contributed by atoms with van der Waals surface area (Å²) in [6.45, 7) is 39.1. The average Bonchev–Trinajstić information content (AvgIpc) is 1.74. The van der Waals surface area contributed by atoms with Crippen molar-refractivity contribution in [2.75, 3.05) is 39.3 Å². The van der Waals surface area contributed by atoms with E-state index in [-0.39, 0.29) is 118 Å². The van der Waals surface area contributed by atoms with Crippen molar-refractivity contribution in [1.82, 2.24) is 101 Å². The predicted molar refractivity (Wildman–Crippen MR) is 390 cm³/mol. The van der Waals surface area contributed by atoms with Gasteiger partial charge in [0.05, 0.1) is 18.1 Å². The lowest BCUT2D eigenvalue weighted by atomic mass is 10.0. The average molecular weight is 1470 g/mol. The lowest BCUT2D eigenvalue weighted by Gasteiger charge is -2.28. The van der Waals surface area contributed by atoms with Crippen molar-refractivity contribution in [2.24, 2.45) is 41.2 Å². The van der Waals surface area contributed by atoms with Crippen molar-refractivity contribution in [1.29, 1.82) is 0 Å². The molecular formula is C68H128N20O15. The van der Waals surface area contributed by atoms with Gasteiger partial charge >= 0.3 is 42.3 Å². The summed E-state index contributed by atoms with van der Waals surface area (Å²) in [6.07, 6.45) is 0.834. The molecule has 1 unspecified atom stereocenters. The second kappa shape index (κ2) is 45.3. The number of amides is 20. The number of carbonyl (C=O) groups excluding carboxylic acids is 14. The fraction of sp³-hybridized carbons (Fsp3) is 0.794. The Hall–Kier alpha value is -8.82.